The quantitative estimate of drug-likeness (QED) is 0.457. The van der Waals surface area contributed by atoms with Crippen LogP contribution in [0.5, 0.6) is 0 Å². The molecular formula is C28H30N6O. The van der Waals surface area contributed by atoms with Crippen molar-refractivity contribution in [3.63, 3.8) is 0 Å². The number of hydrogen-bond acceptors (Lipinski definition) is 4. The van der Waals surface area contributed by atoms with Crippen molar-refractivity contribution < 1.29 is 4.79 Å². The maximum atomic E-state index is 13.4. The van der Waals surface area contributed by atoms with Gasteiger partial charge in [-0.05, 0) is 85.5 Å². The number of nitrogens with one attached hydrogen (secondary N) is 2. The predicted molar refractivity (Wildman–Crippen MR) is 135 cm³/mol. The maximum Gasteiger partial charge on any atom is 0.257 e. The molecule has 5 heterocycles. The van der Waals surface area contributed by atoms with Crippen molar-refractivity contribution in [1.29, 1.82) is 0 Å². The number of rotatable bonds is 4. The highest BCUT2D eigenvalue weighted by Crippen LogP contribution is 2.37. The highest BCUT2D eigenvalue weighted by atomic mass is 16.2. The fraction of sp³-hybridized carbons (Fsp3) is 0.393. The van der Waals surface area contributed by atoms with Crippen LogP contribution in [-0.4, -0.2) is 43.6 Å². The number of benzene rings is 1. The normalized spacial score (nSPS) is 19.9. The van der Waals surface area contributed by atoms with E-state index in [2.05, 4.69) is 45.5 Å². The van der Waals surface area contributed by atoms with E-state index in [1.807, 2.05) is 28.2 Å². The first kappa shape index (κ1) is 20.9. The third-order valence-corrected chi connectivity index (χ3v) is 7.94. The molecule has 35 heavy (non-hydrogen) atoms. The van der Waals surface area contributed by atoms with E-state index in [0.29, 0.717) is 24.2 Å². The summed E-state index contributed by atoms with van der Waals surface area (Å²) < 4.78 is 1.96. The fourth-order valence-corrected chi connectivity index (χ4v) is 5.76. The molecule has 2 aliphatic heterocycles. The van der Waals surface area contributed by atoms with Gasteiger partial charge >= 0.3 is 0 Å². The average Bonchev–Trinajstić information content (AvgIpc) is 3.26. The van der Waals surface area contributed by atoms with E-state index < -0.39 is 0 Å². The number of nitrogens with zero attached hydrogens (tertiary/aromatic N) is 4. The number of amides is 1. The molecule has 1 aromatic carbocycles. The van der Waals surface area contributed by atoms with Crippen LogP contribution in [0.25, 0.3) is 22.2 Å². The molecule has 2 fully saturated rings. The van der Waals surface area contributed by atoms with Crippen molar-refractivity contribution >= 4 is 16.9 Å². The fourth-order valence-electron chi connectivity index (χ4n) is 5.76. The Morgan fingerprint density at radius 2 is 2.03 bits per heavy atom. The third kappa shape index (κ3) is 3.65. The summed E-state index contributed by atoms with van der Waals surface area (Å²) in [6.07, 6.45) is 13.2. The monoisotopic (exact) mass is 466 g/mol. The summed E-state index contributed by atoms with van der Waals surface area (Å²) >= 11 is 0. The van der Waals surface area contributed by atoms with Crippen molar-refractivity contribution in [2.75, 3.05) is 13.1 Å². The summed E-state index contributed by atoms with van der Waals surface area (Å²) in [5.41, 5.74) is 9.22. The number of pyridine rings is 1. The standard InChI is InChI=1S/C28H30N6O/c1-17-12-30-27-23(17)11-20(13-31-27)19-9-18-6-8-33(16-25(18)24(10-19)26-3-2-7-29-26)28(35)21-14-32-34(15-21)22-4-5-22/h9-15,22,26,29H,2-8,16H2,1H3,(H,30,31)/t26-/m0/s1. The van der Waals surface area contributed by atoms with Crippen molar-refractivity contribution in [2.24, 2.45) is 0 Å². The molecule has 1 saturated carbocycles. The molecule has 3 aromatic heterocycles. The van der Waals surface area contributed by atoms with Crippen LogP contribution in [0, 0.1) is 6.92 Å². The average molecular weight is 467 g/mol. The van der Waals surface area contributed by atoms with Gasteiger partial charge in [-0.25, -0.2) is 4.98 Å². The van der Waals surface area contributed by atoms with E-state index in [4.69, 9.17) is 0 Å². The van der Waals surface area contributed by atoms with Gasteiger partial charge in [-0.3, -0.25) is 9.48 Å². The Bertz CT molecular complexity index is 1440. The Labute approximate surface area is 204 Å². The predicted octanol–water partition coefficient (Wildman–Crippen LogP) is 4.69. The second kappa shape index (κ2) is 8.05. The van der Waals surface area contributed by atoms with Gasteiger partial charge in [0.2, 0.25) is 0 Å². The molecule has 7 nitrogen and oxygen atoms in total. The molecule has 1 atom stereocenters. The number of aromatic nitrogens is 4. The van der Waals surface area contributed by atoms with Crippen LogP contribution in [0.1, 0.15) is 70.4 Å². The topological polar surface area (TPSA) is 78.8 Å². The highest BCUT2D eigenvalue weighted by molar-refractivity contribution is 5.94. The Hall–Kier alpha value is -3.45. The van der Waals surface area contributed by atoms with E-state index in [0.717, 1.165) is 37.1 Å². The summed E-state index contributed by atoms with van der Waals surface area (Å²) in [5.74, 6) is 0.0922. The van der Waals surface area contributed by atoms with Crippen LogP contribution in [-0.2, 0) is 13.0 Å². The van der Waals surface area contributed by atoms with Gasteiger partial charge in [-0.15, -0.1) is 0 Å². The highest BCUT2D eigenvalue weighted by Gasteiger charge is 2.30. The molecule has 4 aromatic rings. The summed E-state index contributed by atoms with van der Waals surface area (Å²) in [7, 11) is 0. The lowest BCUT2D eigenvalue weighted by molar-refractivity contribution is 0.0734. The number of carbonyl (C=O) groups is 1. The maximum absolute atomic E-state index is 13.4. The number of aromatic amines is 1. The molecular weight excluding hydrogens is 436 g/mol. The first-order valence-electron chi connectivity index (χ1n) is 12.8. The van der Waals surface area contributed by atoms with E-state index in [-0.39, 0.29) is 5.91 Å². The van der Waals surface area contributed by atoms with Gasteiger partial charge in [0.1, 0.15) is 5.65 Å². The third-order valence-electron chi connectivity index (χ3n) is 7.94. The first-order valence-corrected chi connectivity index (χ1v) is 12.8. The van der Waals surface area contributed by atoms with Gasteiger partial charge < -0.3 is 15.2 Å². The van der Waals surface area contributed by atoms with Crippen molar-refractivity contribution in [1.82, 2.24) is 30.0 Å². The zero-order chi connectivity index (χ0) is 23.5. The van der Waals surface area contributed by atoms with Crippen LogP contribution in [0.2, 0.25) is 0 Å². The molecule has 0 spiro atoms. The number of H-pyrrole nitrogens is 1. The zero-order valence-corrected chi connectivity index (χ0v) is 20.1. The SMILES string of the molecule is Cc1c[nH]c2ncc(-c3cc4c(c([C@@H]5CCCN5)c3)CN(C(=O)c3cnn(C5CC5)c3)CC4)cc12. The second-order valence-electron chi connectivity index (χ2n) is 10.4. The van der Waals surface area contributed by atoms with Crippen LogP contribution >= 0.6 is 0 Å². The molecule has 7 rings (SSSR count). The summed E-state index contributed by atoms with van der Waals surface area (Å²) in [6, 6.07) is 7.73. The molecule has 2 N–H and O–H groups in total. The zero-order valence-electron chi connectivity index (χ0n) is 20.1. The smallest absolute Gasteiger partial charge is 0.257 e. The Morgan fingerprint density at radius 1 is 1.11 bits per heavy atom. The summed E-state index contributed by atoms with van der Waals surface area (Å²) in [4.78, 5) is 23.3. The number of hydrogen-bond donors (Lipinski definition) is 2. The molecule has 1 aliphatic carbocycles. The molecule has 178 valence electrons. The van der Waals surface area contributed by atoms with Gasteiger partial charge in [0.25, 0.3) is 5.91 Å². The minimum absolute atomic E-state index is 0.0922. The van der Waals surface area contributed by atoms with E-state index in [9.17, 15) is 4.79 Å². The minimum atomic E-state index is 0.0922. The van der Waals surface area contributed by atoms with Crippen LogP contribution in [0.4, 0.5) is 0 Å². The van der Waals surface area contributed by atoms with E-state index in [1.165, 1.54) is 52.5 Å². The van der Waals surface area contributed by atoms with Gasteiger partial charge in [0.05, 0.1) is 17.8 Å². The van der Waals surface area contributed by atoms with Crippen LogP contribution < -0.4 is 5.32 Å². The Kier molecular flexibility index (Phi) is 4.81. The van der Waals surface area contributed by atoms with Crippen molar-refractivity contribution in [2.45, 2.75) is 57.7 Å². The van der Waals surface area contributed by atoms with Crippen molar-refractivity contribution in [3.05, 3.63) is 70.8 Å². The lowest BCUT2D eigenvalue weighted by Gasteiger charge is -2.32. The van der Waals surface area contributed by atoms with Gasteiger partial charge in [0.15, 0.2) is 0 Å². The number of aryl methyl sites for hydroxylation is 1. The van der Waals surface area contributed by atoms with E-state index >= 15 is 0 Å². The molecule has 3 aliphatic rings. The molecule has 1 amide bonds. The molecule has 1 saturated heterocycles. The van der Waals surface area contributed by atoms with Gasteiger partial charge in [-0.1, -0.05) is 6.07 Å². The summed E-state index contributed by atoms with van der Waals surface area (Å²) in [6.45, 7) is 4.55. The summed E-state index contributed by atoms with van der Waals surface area (Å²) in [5, 5.41) is 9.31. The number of carbonyl (C=O) groups excluding carboxylic acids is 1. The van der Waals surface area contributed by atoms with Gasteiger partial charge in [-0.2, -0.15) is 5.10 Å². The largest absolute Gasteiger partial charge is 0.346 e. The van der Waals surface area contributed by atoms with Gasteiger partial charge in [0, 0.05) is 48.7 Å². The minimum Gasteiger partial charge on any atom is -0.346 e. The second-order valence-corrected chi connectivity index (χ2v) is 10.4. The lowest BCUT2D eigenvalue weighted by atomic mass is 9.87. The van der Waals surface area contributed by atoms with Crippen LogP contribution in [0.15, 0.2) is 43.0 Å². The first-order chi connectivity index (χ1) is 17.1. The molecule has 0 unspecified atom stereocenters. The Morgan fingerprint density at radius 3 is 2.86 bits per heavy atom. The lowest BCUT2D eigenvalue weighted by Crippen LogP contribution is -2.37. The van der Waals surface area contributed by atoms with E-state index in [1.54, 1.807) is 6.20 Å². The van der Waals surface area contributed by atoms with Crippen LogP contribution in [0.3, 0.4) is 0 Å². The molecule has 0 radical (unpaired) electrons. The Balaban J connectivity index is 1.25. The molecule has 0 bridgehead atoms. The number of fused-ring (bicyclic) bond motifs is 2. The van der Waals surface area contributed by atoms with Crippen molar-refractivity contribution in [3.8, 4) is 11.1 Å². The molecule has 7 heteroatoms.